The zero-order valence-corrected chi connectivity index (χ0v) is 20.5. The van der Waals surface area contributed by atoms with E-state index in [4.69, 9.17) is 4.74 Å². The summed E-state index contributed by atoms with van der Waals surface area (Å²) in [6.07, 6.45) is 1.57. The largest absolute Gasteiger partial charge is 0.378 e. The Kier molecular flexibility index (Phi) is 7.04. The molecule has 35 heavy (non-hydrogen) atoms. The average molecular weight is 478 g/mol. The van der Waals surface area contributed by atoms with Gasteiger partial charge in [-0.3, -0.25) is 14.6 Å². The number of likely N-dealkylation sites (tertiary alicyclic amines) is 1. The molecule has 1 spiro atoms. The Morgan fingerprint density at radius 3 is 2.46 bits per heavy atom. The lowest BCUT2D eigenvalue weighted by molar-refractivity contribution is -0.134. The second kappa shape index (κ2) is 10.4. The zero-order chi connectivity index (χ0) is 24.3. The van der Waals surface area contributed by atoms with Gasteiger partial charge in [0.25, 0.3) is 5.91 Å². The van der Waals surface area contributed by atoms with E-state index in [1.165, 1.54) is 16.2 Å². The standard InChI is InChI=1S/C27H35N5O3/c1-29(18-23-8-10-24(11-9-23)31-14-16-35-17-15-31)21-32-25(33)27(28-26(32)34)12-5-13-30(20-27)19-22-6-3-2-4-7-22/h2-4,6-11H,5,12-21H2,1H3,(H,28,34). The highest BCUT2D eigenvalue weighted by Crippen LogP contribution is 2.29. The summed E-state index contributed by atoms with van der Waals surface area (Å²) >= 11 is 0. The van der Waals surface area contributed by atoms with Crippen LogP contribution >= 0.6 is 0 Å². The Morgan fingerprint density at radius 1 is 0.971 bits per heavy atom. The first-order valence-corrected chi connectivity index (χ1v) is 12.5. The highest BCUT2D eigenvalue weighted by molar-refractivity contribution is 6.07. The van der Waals surface area contributed by atoms with Gasteiger partial charge in [0.15, 0.2) is 0 Å². The maximum absolute atomic E-state index is 13.5. The van der Waals surface area contributed by atoms with E-state index in [1.807, 2.05) is 30.1 Å². The van der Waals surface area contributed by atoms with Crippen LogP contribution in [-0.2, 0) is 22.6 Å². The van der Waals surface area contributed by atoms with Crippen molar-refractivity contribution < 1.29 is 14.3 Å². The number of morpholine rings is 1. The van der Waals surface area contributed by atoms with Crippen molar-refractivity contribution in [3.63, 3.8) is 0 Å². The third kappa shape index (κ3) is 5.34. The van der Waals surface area contributed by atoms with Crippen molar-refractivity contribution in [2.75, 3.05) is 58.0 Å². The number of nitrogens with zero attached hydrogens (tertiary/aromatic N) is 4. The molecule has 2 aromatic carbocycles. The topological polar surface area (TPSA) is 68.4 Å². The van der Waals surface area contributed by atoms with Crippen LogP contribution in [-0.4, -0.2) is 85.3 Å². The lowest BCUT2D eigenvalue weighted by Crippen LogP contribution is -2.58. The maximum Gasteiger partial charge on any atom is 0.326 e. The molecule has 1 unspecified atom stereocenters. The molecule has 0 aromatic heterocycles. The molecule has 3 heterocycles. The van der Waals surface area contributed by atoms with Crippen LogP contribution in [0, 0.1) is 0 Å². The minimum atomic E-state index is -0.815. The second-order valence-corrected chi connectivity index (χ2v) is 9.97. The molecule has 0 aliphatic carbocycles. The Hall–Kier alpha value is -2.94. The summed E-state index contributed by atoms with van der Waals surface area (Å²) in [4.78, 5) is 34.3. The number of carbonyl (C=O) groups excluding carboxylic acids is 2. The van der Waals surface area contributed by atoms with Gasteiger partial charge in [0.1, 0.15) is 5.54 Å². The molecule has 8 nitrogen and oxygen atoms in total. The number of rotatable bonds is 7. The van der Waals surface area contributed by atoms with Crippen LogP contribution in [0.4, 0.5) is 10.5 Å². The highest BCUT2D eigenvalue weighted by Gasteiger charge is 2.53. The number of anilines is 1. The quantitative estimate of drug-likeness (QED) is 0.618. The molecule has 0 bridgehead atoms. The summed E-state index contributed by atoms with van der Waals surface area (Å²) in [7, 11) is 1.95. The highest BCUT2D eigenvalue weighted by atomic mass is 16.5. The average Bonchev–Trinajstić information content (AvgIpc) is 3.09. The summed E-state index contributed by atoms with van der Waals surface area (Å²) in [5.41, 5.74) is 2.76. The van der Waals surface area contributed by atoms with E-state index >= 15 is 0 Å². The van der Waals surface area contributed by atoms with Crippen molar-refractivity contribution in [1.82, 2.24) is 20.0 Å². The number of urea groups is 1. The van der Waals surface area contributed by atoms with Crippen LogP contribution in [0.5, 0.6) is 0 Å². The second-order valence-electron chi connectivity index (χ2n) is 9.97. The number of piperidine rings is 1. The van der Waals surface area contributed by atoms with E-state index in [2.05, 4.69) is 51.5 Å². The van der Waals surface area contributed by atoms with Crippen molar-refractivity contribution in [3.05, 3.63) is 65.7 Å². The fourth-order valence-electron chi connectivity index (χ4n) is 5.44. The molecular formula is C27H35N5O3. The Labute approximate surface area is 207 Å². The Balaban J connectivity index is 1.18. The smallest absolute Gasteiger partial charge is 0.326 e. The summed E-state index contributed by atoms with van der Waals surface area (Å²) in [5.74, 6) is -0.102. The molecule has 3 amide bonds. The molecule has 3 aliphatic heterocycles. The van der Waals surface area contributed by atoms with Gasteiger partial charge < -0.3 is 15.0 Å². The van der Waals surface area contributed by atoms with Crippen molar-refractivity contribution in [3.8, 4) is 0 Å². The van der Waals surface area contributed by atoms with Gasteiger partial charge in [-0.25, -0.2) is 9.69 Å². The van der Waals surface area contributed by atoms with Crippen molar-refractivity contribution >= 4 is 17.6 Å². The first-order chi connectivity index (χ1) is 17.0. The summed E-state index contributed by atoms with van der Waals surface area (Å²) < 4.78 is 5.44. The monoisotopic (exact) mass is 477 g/mol. The number of imide groups is 1. The van der Waals surface area contributed by atoms with Crippen LogP contribution in [0.1, 0.15) is 24.0 Å². The van der Waals surface area contributed by atoms with Gasteiger partial charge in [-0.1, -0.05) is 42.5 Å². The van der Waals surface area contributed by atoms with Gasteiger partial charge in [0.2, 0.25) is 0 Å². The van der Waals surface area contributed by atoms with Gasteiger partial charge in [-0.05, 0) is 49.7 Å². The third-order valence-electron chi connectivity index (χ3n) is 7.21. The molecule has 1 atom stereocenters. The van der Waals surface area contributed by atoms with Gasteiger partial charge in [0.05, 0.1) is 19.9 Å². The molecule has 3 aliphatic rings. The fourth-order valence-corrected chi connectivity index (χ4v) is 5.44. The van der Waals surface area contributed by atoms with E-state index < -0.39 is 5.54 Å². The number of ether oxygens (including phenoxy) is 1. The summed E-state index contributed by atoms with van der Waals surface area (Å²) in [6.45, 7) is 6.56. The number of nitrogens with one attached hydrogen (secondary N) is 1. The molecule has 0 saturated carbocycles. The number of hydrogen-bond donors (Lipinski definition) is 1. The first-order valence-electron chi connectivity index (χ1n) is 12.5. The zero-order valence-electron chi connectivity index (χ0n) is 20.5. The SMILES string of the molecule is CN(Cc1ccc(N2CCOCC2)cc1)CN1C(=O)NC2(CCCN(Cc3ccccc3)C2)C1=O. The van der Waals surface area contributed by atoms with Crippen molar-refractivity contribution in [2.45, 2.75) is 31.5 Å². The van der Waals surface area contributed by atoms with Crippen LogP contribution in [0.15, 0.2) is 54.6 Å². The number of carbonyl (C=O) groups is 2. The molecule has 2 aromatic rings. The van der Waals surface area contributed by atoms with Crippen LogP contribution < -0.4 is 10.2 Å². The lowest BCUT2D eigenvalue weighted by atomic mass is 9.88. The van der Waals surface area contributed by atoms with E-state index in [0.717, 1.165) is 51.4 Å². The molecule has 3 saturated heterocycles. The molecule has 0 radical (unpaired) electrons. The van der Waals surface area contributed by atoms with Crippen LogP contribution in [0.3, 0.4) is 0 Å². The summed E-state index contributed by atoms with van der Waals surface area (Å²) in [6, 6.07) is 18.5. The summed E-state index contributed by atoms with van der Waals surface area (Å²) in [5, 5.41) is 3.05. The van der Waals surface area contributed by atoms with E-state index in [0.29, 0.717) is 19.5 Å². The van der Waals surface area contributed by atoms with Gasteiger partial charge in [-0.2, -0.15) is 0 Å². The predicted octanol–water partition coefficient (Wildman–Crippen LogP) is 2.50. The van der Waals surface area contributed by atoms with Gasteiger partial charge >= 0.3 is 6.03 Å². The Bertz CT molecular complexity index is 1020. The van der Waals surface area contributed by atoms with Crippen molar-refractivity contribution in [2.24, 2.45) is 0 Å². The minimum absolute atomic E-state index is 0.102. The van der Waals surface area contributed by atoms with Gasteiger partial charge in [0, 0.05) is 38.4 Å². The number of amides is 3. The fraction of sp³-hybridized carbons (Fsp3) is 0.481. The molecule has 3 fully saturated rings. The molecule has 186 valence electrons. The van der Waals surface area contributed by atoms with Gasteiger partial charge in [-0.15, -0.1) is 0 Å². The Morgan fingerprint density at radius 2 is 1.71 bits per heavy atom. The first kappa shape index (κ1) is 23.8. The normalized spacial score (nSPS) is 23.4. The van der Waals surface area contributed by atoms with E-state index in [1.54, 1.807) is 0 Å². The lowest BCUT2D eigenvalue weighted by Gasteiger charge is -2.38. The third-order valence-corrected chi connectivity index (χ3v) is 7.21. The molecule has 8 heteroatoms. The molecule has 1 N–H and O–H groups in total. The van der Waals surface area contributed by atoms with Crippen molar-refractivity contribution in [1.29, 1.82) is 0 Å². The van der Waals surface area contributed by atoms with E-state index in [-0.39, 0.29) is 18.6 Å². The predicted molar refractivity (Wildman–Crippen MR) is 135 cm³/mol. The van der Waals surface area contributed by atoms with Crippen LogP contribution in [0.25, 0.3) is 0 Å². The minimum Gasteiger partial charge on any atom is -0.378 e. The maximum atomic E-state index is 13.5. The molecule has 5 rings (SSSR count). The van der Waals surface area contributed by atoms with Crippen LogP contribution in [0.2, 0.25) is 0 Å². The number of hydrogen-bond acceptors (Lipinski definition) is 6. The van der Waals surface area contributed by atoms with E-state index in [9.17, 15) is 9.59 Å². The molecular weight excluding hydrogens is 442 g/mol. The number of benzene rings is 2.